The predicted molar refractivity (Wildman–Crippen MR) is 112 cm³/mol. The molecule has 0 saturated heterocycles. The highest BCUT2D eigenvalue weighted by atomic mass is 32.1. The Morgan fingerprint density at radius 2 is 1.75 bits per heavy atom. The summed E-state index contributed by atoms with van der Waals surface area (Å²) in [5, 5.41) is 5.98. The molecule has 5 nitrogen and oxygen atoms in total. The lowest BCUT2D eigenvalue weighted by atomic mass is 10.1. The van der Waals surface area contributed by atoms with Crippen molar-refractivity contribution in [2.24, 2.45) is 0 Å². The topological polar surface area (TPSA) is 55.7 Å². The van der Waals surface area contributed by atoms with E-state index in [4.69, 9.17) is 4.74 Å². The first-order valence-electron chi connectivity index (χ1n) is 9.28. The van der Waals surface area contributed by atoms with Gasteiger partial charge in [0.15, 0.2) is 0 Å². The number of nitrogens with one attached hydrogen (secondary N) is 2. The van der Waals surface area contributed by atoms with E-state index in [1.807, 2.05) is 24.4 Å². The van der Waals surface area contributed by atoms with Crippen LogP contribution in [0.5, 0.6) is 5.75 Å². The largest absolute Gasteiger partial charge is 0.487 e. The van der Waals surface area contributed by atoms with Gasteiger partial charge in [-0.25, -0.2) is 4.98 Å². The minimum atomic E-state index is -0.0940. The number of ether oxygens (including phenoxy) is 1. The Labute approximate surface area is 170 Å². The lowest BCUT2D eigenvalue weighted by Gasteiger charge is -2.09. The summed E-state index contributed by atoms with van der Waals surface area (Å²) in [7, 11) is 4.26. The highest BCUT2D eigenvalue weighted by molar-refractivity contribution is 7.09. The Morgan fingerprint density at radius 1 is 1.07 bits per heavy atom. The molecule has 0 atom stereocenters. The molecule has 0 aliphatic heterocycles. The number of hydrogen-bond donors (Lipinski definition) is 2. The fraction of sp³-hybridized carbons (Fsp3) is 0.273. The number of amides is 1. The molecule has 0 aliphatic rings. The molecule has 0 spiro atoms. The molecule has 146 valence electrons. The number of benzene rings is 2. The van der Waals surface area contributed by atoms with Gasteiger partial charge in [-0.2, -0.15) is 0 Å². The number of aromatic nitrogens is 1. The van der Waals surface area contributed by atoms with Crippen LogP contribution in [-0.2, 0) is 19.7 Å². The second-order valence-electron chi connectivity index (χ2n) is 7.05. The van der Waals surface area contributed by atoms with Crippen LogP contribution in [0.4, 0.5) is 0 Å². The lowest BCUT2D eigenvalue weighted by molar-refractivity contribution is -0.872. The summed E-state index contributed by atoms with van der Waals surface area (Å²) < 4.78 is 5.72. The molecule has 0 unspecified atom stereocenters. The molecular formula is C22H26N3O2S+. The van der Waals surface area contributed by atoms with Crippen molar-refractivity contribution in [3.8, 4) is 5.75 Å². The van der Waals surface area contributed by atoms with Crippen molar-refractivity contribution >= 4 is 17.2 Å². The van der Waals surface area contributed by atoms with Crippen molar-refractivity contribution in [1.29, 1.82) is 0 Å². The van der Waals surface area contributed by atoms with Gasteiger partial charge in [-0.05, 0) is 36.8 Å². The number of aryl methyl sites for hydroxylation is 1. The monoisotopic (exact) mass is 396 g/mol. The zero-order valence-electron chi connectivity index (χ0n) is 16.5. The Hall–Kier alpha value is -2.70. The number of rotatable bonds is 8. The van der Waals surface area contributed by atoms with Crippen LogP contribution in [0.25, 0.3) is 0 Å². The summed E-state index contributed by atoms with van der Waals surface area (Å²) in [6.45, 7) is 3.90. The molecule has 1 aromatic heterocycles. The molecule has 2 aromatic carbocycles. The van der Waals surface area contributed by atoms with Gasteiger partial charge < -0.3 is 15.0 Å². The van der Waals surface area contributed by atoms with Crippen molar-refractivity contribution in [2.45, 2.75) is 26.6 Å². The third kappa shape index (κ3) is 5.90. The lowest BCUT2D eigenvalue weighted by Crippen LogP contribution is -3.04. The minimum Gasteiger partial charge on any atom is -0.487 e. The van der Waals surface area contributed by atoms with Crippen molar-refractivity contribution in [3.05, 3.63) is 81.3 Å². The van der Waals surface area contributed by atoms with Gasteiger partial charge in [0.1, 0.15) is 18.9 Å². The number of thiazole rings is 1. The van der Waals surface area contributed by atoms with E-state index < -0.39 is 0 Å². The van der Waals surface area contributed by atoms with E-state index in [9.17, 15) is 4.79 Å². The molecule has 1 amide bonds. The molecule has 1 heterocycles. The van der Waals surface area contributed by atoms with Crippen LogP contribution in [0, 0.1) is 6.92 Å². The molecule has 2 N–H and O–H groups in total. The molecular weight excluding hydrogens is 370 g/mol. The van der Waals surface area contributed by atoms with Crippen molar-refractivity contribution < 1.29 is 14.4 Å². The maximum absolute atomic E-state index is 12.4. The van der Waals surface area contributed by atoms with Crippen LogP contribution >= 0.6 is 11.3 Å². The zero-order valence-corrected chi connectivity index (χ0v) is 17.3. The number of hydrogen-bond acceptors (Lipinski definition) is 4. The van der Waals surface area contributed by atoms with Gasteiger partial charge >= 0.3 is 0 Å². The van der Waals surface area contributed by atoms with Gasteiger partial charge in [-0.1, -0.05) is 24.3 Å². The quantitative estimate of drug-likeness (QED) is 0.615. The SMILES string of the molecule is Cc1nc(COc2ccc(C(=O)NCc3ccc(C[NH+](C)C)cc3)cc2)cs1. The van der Waals surface area contributed by atoms with Crippen LogP contribution in [0.3, 0.4) is 0 Å². The summed E-state index contributed by atoms with van der Waals surface area (Å²) >= 11 is 1.61. The van der Waals surface area contributed by atoms with E-state index >= 15 is 0 Å². The molecule has 0 aliphatic carbocycles. The van der Waals surface area contributed by atoms with Gasteiger partial charge in [0.05, 0.1) is 24.8 Å². The van der Waals surface area contributed by atoms with Crippen LogP contribution < -0.4 is 15.0 Å². The van der Waals surface area contributed by atoms with Crippen LogP contribution in [0.2, 0.25) is 0 Å². The molecule has 0 saturated carbocycles. The van der Waals surface area contributed by atoms with Crippen LogP contribution in [0.15, 0.2) is 53.9 Å². The van der Waals surface area contributed by atoms with E-state index in [1.165, 1.54) is 10.5 Å². The summed E-state index contributed by atoms with van der Waals surface area (Å²) in [6, 6.07) is 15.5. The third-order valence-electron chi connectivity index (χ3n) is 4.20. The molecule has 0 bridgehead atoms. The highest BCUT2D eigenvalue weighted by Crippen LogP contribution is 2.15. The zero-order chi connectivity index (χ0) is 19.9. The van der Waals surface area contributed by atoms with Crippen molar-refractivity contribution in [1.82, 2.24) is 10.3 Å². The maximum Gasteiger partial charge on any atom is 0.251 e. The Kier molecular flexibility index (Phi) is 6.79. The fourth-order valence-electron chi connectivity index (χ4n) is 2.80. The van der Waals surface area contributed by atoms with E-state index in [0.717, 1.165) is 28.6 Å². The fourth-order valence-corrected chi connectivity index (χ4v) is 3.40. The molecule has 0 radical (unpaired) electrons. The maximum atomic E-state index is 12.4. The number of carbonyl (C=O) groups excluding carboxylic acids is 1. The highest BCUT2D eigenvalue weighted by Gasteiger charge is 2.07. The smallest absolute Gasteiger partial charge is 0.251 e. The van der Waals surface area contributed by atoms with E-state index in [2.05, 4.69) is 48.7 Å². The molecule has 0 fully saturated rings. The number of carbonyl (C=O) groups is 1. The average Bonchev–Trinajstić information content (AvgIpc) is 3.11. The second kappa shape index (κ2) is 9.48. The van der Waals surface area contributed by atoms with Gasteiger partial charge in [-0.15, -0.1) is 11.3 Å². The Bertz CT molecular complexity index is 902. The van der Waals surface area contributed by atoms with E-state index in [0.29, 0.717) is 18.7 Å². The summed E-state index contributed by atoms with van der Waals surface area (Å²) in [4.78, 5) is 18.1. The number of quaternary nitrogens is 1. The van der Waals surface area contributed by atoms with Crippen LogP contribution in [-0.4, -0.2) is 25.0 Å². The summed E-state index contributed by atoms with van der Waals surface area (Å²) in [6.07, 6.45) is 0. The van der Waals surface area contributed by atoms with Gasteiger partial charge in [0.2, 0.25) is 0 Å². The van der Waals surface area contributed by atoms with E-state index in [-0.39, 0.29) is 5.91 Å². The van der Waals surface area contributed by atoms with Gasteiger partial charge in [0.25, 0.3) is 5.91 Å². The minimum absolute atomic E-state index is 0.0940. The Balaban J connectivity index is 1.48. The van der Waals surface area contributed by atoms with Crippen molar-refractivity contribution in [2.75, 3.05) is 14.1 Å². The first-order valence-corrected chi connectivity index (χ1v) is 10.2. The second-order valence-corrected chi connectivity index (χ2v) is 8.12. The molecule has 3 rings (SSSR count). The van der Waals surface area contributed by atoms with Crippen LogP contribution in [0.1, 0.15) is 32.2 Å². The predicted octanol–water partition coefficient (Wildman–Crippen LogP) is 2.61. The third-order valence-corrected chi connectivity index (χ3v) is 5.03. The number of nitrogens with zero attached hydrogens (tertiary/aromatic N) is 1. The first-order chi connectivity index (χ1) is 13.5. The van der Waals surface area contributed by atoms with Gasteiger partial charge in [-0.3, -0.25) is 4.79 Å². The molecule has 3 aromatic rings. The average molecular weight is 397 g/mol. The molecule has 28 heavy (non-hydrogen) atoms. The summed E-state index contributed by atoms with van der Waals surface area (Å²) in [5.41, 5.74) is 3.91. The summed E-state index contributed by atoms with van der Waals surface area (Å²) in [5.74, 6) is 0.629. The van der Waals surface area contributed by atoms with E-state index in [1.54, 1.807) is 23.5 Å². The first kappa shape index (κ1) is 20.0. The molecule has 6 heteroatoms. The Morgan fingerprint density at radius 3 is 2.36 bits per heavy atom. The van der Waals surface area contributed by atoms with Gasteiger partial charge in [0, 0.05) is 23.1 Å². The van der Waals surface area contributed by atoms with Crippen molar-refractivity contribution in [3.63, 3.8) is 0 Å². The standard InChI is InChI=1S/C22H25N3O2S/c1-16-24-20(15-28-16)14-27-21-10-8-19(9-11-21)22(26)23-12-17-4-6-18(7-5-17)13-25(2)3/h4-11,15H,12-14H2,1-3H3,(H,23,26)/p+1. The normalized spacial score (nSPS) is 10.9.